The van der Waals surface area contributed by atoms with E-state index in [4.69, 9.17) is 0 Å². The van der Waals surface area contributed by atoms with Crippen LogP contribution >= 0.6 is 0 Å². The standard InChI is InChI=1S/C14H11FN4O/c1-16-13(20)11-3-2-9(6-12(11)15)10-7-18-14-17-4-5-19(14)8-10/h2-8H,1H3,(H,16,20). The van der Waals surface area contributed by atoms with E-state index in [1.165, 1.54) is 19.2 Å². The van der Waals surface area contributed by atoms with Gasteiger partial charge in [0, 0.05) is 37.4 Å². The van der Waals surface area contributed by atoms with Crippen molar-refractivity contribution in [3.63, 3.8) is 0 Å². The van der Waals surface area contributed by atoms with Gasteiger partial charge in [0.2, 0.25) is 5.78 Å². The van der Waals surface area contributed by atoms with Gasteiger partial charge in [0.05, 0.1) is 5.56 Å². The number of imidazole rings is 1. The maximum Gasteiger partial charge on any atom is 0.253 e. The highest BCUT2D eigenvalue weighted by molar-refractivity contribution is 5.94. The monoisotopic (exact) mass is 270 g/mol. The highest BCUT2D eigenvalue weighted by atomic mass is 19.1. The summed E-state index contributed by atoms with van der Waals surface area (Å²) >= 11 is 0. The van der Waals surface area contributed by atoms with Gasteiger partial charge in [0.25, 0.3) is 5.91 Å². The summed E-state index contributed by atoms with van der Waals surface area (Å²) < 4.78 is 15.7. The van der Waals surface area contributed by atoms with Gasteiger partial charge in [0.15, 0.2) is 0 Å². The van der Waals surface area contributed by atoms with E-state index < -0.39 is 11.7 Å². The van der Waals surface area contributed by atoms with Crippen LogP contribution in [0.1, 0.15) is 10.4 Å². The Morgan fingerprint density at radius 3 is 2.90 bits per heavy atom. The number of hydrogen-bond acceptors (Lipinski definition) is 3. The second kappa shape index (κ2) is 4.73. The van der Waals surface area contributed by atoms with Gasteiger partial charge in [-0.15, -0.1) is 0 Å². The molecule has 3 aromatic rings. The number of nitrogens with one attached hydrogen (secondary N) is 1. The zero-order chi connectivity index (χ0) is 14.1. The normalized spacial score (nSPS) is 10.7. The van der Waals surface area contributed by atoms with Gasteiger partial charge in [0.1, 0.15) is 5.82 Å². The summed E-state index contributed by atoms with van der Waals surface area (Å²) in [4.78, 5) is 19.7. The average Bonchev–Trinajstić information content (AvgIpc) is 2.93. The first-order valence-corrected chi connectivity index (χ1v) is 6.00. The van der Waals surface area contributed by atoms with Crippen molar-refractivity contribution in [1.29, 1.82) is 0 Å². The molecule has 0 bridgehead atoms. The fraction of sp³-hybridized carbons (Fsp3) is 0.0714. The van der Waals surface area contributed by atoms with Crippen LogP contribution < -0.4 is 5.32 Å². The zero-order valence-corrected chi connectivity index (χ0v) is 10.7. The first-order chi connectivity index (χ1) is 9.69. The fourth-order valence-electron chi connectivity index (χ4n) is 1.98. The Hall–Kier alpha value is -2.76. The molecule has 0 fully saturated rings. The number of amides is 1. The molecule has 1 aromatic carbocycles. The van der Waals surface area contributed by atoms with Crippen LogP contribution in [0.5, 0.6) is 0 Å². The van der Waals surface area contributed by atoms with Crippen molar-refractivity contribution in [2.75, 3.05) is 7.05 Å². The molecule has 0 saturated heterocycles. The maximum atomic E-state index is 13.9. The second-order valence-corrected chi connectivity index (χ2v) is 4.25. The number of hydrogen-bond donors (Lipinski definition) is 1. The Labute approximate surface area is 114 Å². The van der Waals surface area contributed by atoms with E-state index in [0.29, 0.717) is 11.3 Å². The molecule has 20 heavy (non-hydrogen) atoms. The summed E-state index contributed by atoms with van der Waals surface area (Å²) in [5.74, 6) is -0.430. The zero-order valence-electron chi connectivity index (χ0n) is 10.7. The molecule has 0 aliphatic heterocycles. The molecule has 0 aliphatic rings. The molecule has 2 heterocycles. The Morgan fingerprint density at radius 1 is 1.30 bits per heavy atom. The summed E-state index contributed by atoms with van der Waals surface area (Å²) in [5.41, 5.74) is 1.42. The van der Waals surface area contributed by atoms with E-state index in [1.54, 1.807) is 29.1 Å². The number of carbonyl (C=O) groups is 1. The third kappa shape index (κ3) is 2.01. The molecular weight excluding hydrogens is 259 g/mol. The second-order valence-electron chi connectivity index (χ2n) is 4.25. The van der Waals surface area contributed by atoms with E-state index >= 15 is 0 Å². The predicted octanol–water partition coefficient (Wildman–Crippen LogP) is 1.89. The topological polar surface area (TPSA) is 59.3 Å². The van der Waals surface area contributed by atoms with Crippen LogP contribution in [0.3, 0.4) is 0 Å². The van der Waals surface area contributed by atoms with Gasteiger partial charge in [-0.05, 0) is 17.7 Å². The lowest BCUT2D eigenvalue weighted by atomic mass is 10.1. The number of halogens is 1. The Morgan fingerprint density at radius 2 is 2.15 bits per heavy atom. The van der Waals surface area contributed by atoms with Crippen LogP contribution in [0.4, 0.5) is 4.39 Å². The molecule has 0 unspecified atom stereocenters. The summed E-state index contributed by atoms with van der Waals surface area (Å²) in [5, 5.41) is 2.40. The van der Waals surface area contributed by atoms with E-state index in [0.717, 1.165) is 5.56 Å². The number of aromatic nitrogens is 3. The molecule has 5 nitrogen and oxygen atoms in total. The molecule has 3 rings (SSSR count). The molecule has 2 aromatic heterocycles. The van der Waals surface area contributed by atoms with Crippen molar-refractivity contribution >= 4 is 11.7 Å². The van der Waals surface area contributed by atoms with Crippen LogP contribution in [0.15, 0.2) is 43.0 Å². The molecule has 100 valence electrons. The minimum atomic E-state index is -0.562. The summed E-state index contributed by atoms with van der Waals surface area (Å²) in [6.07, 6.45) is 6.84. The fourth-order valence-corrected chi connectivity index (χ4v) is 1.98. The minimum absolute atomic E-state index is 0.0212. The SMILES string of the molecule is CNC(=O)c1ccc(-c2cnc3nccn3c2)cc1F. The quantitative estimate of drug-likeness (QED) is 0.773. The smallest absolute Gasteiger partial charge is 0.253 e. The molecule has 0 spiro atoms. The number of rotatable bonds is 2. The third-order valence-electron chi connectivity index (χ3n) is 3.02. The van der Waals surface area contributed by atoms with Gasteiger partial charge < -0.3 is 5.32 Å². The number of benzene rings is 1. The molecule has 6 heteroatoms. The number of fused-ring (bicyclic) bond motifs is 1. The van der Waals surface area contributed by atoms with Crippen LogP contribution in [0.2, 0.25) is 0 Å². The molecule has 0 atom stereocenters. The van der Waals surface area contributed by atoms with Gasteiger partial charge in [-0.25, -0.2) is 14.4 Å². The van der Waals surface area contributed by atoms with Gasteiger partial charge in [-0.3, -0.25) is 9.20 Å². The van der Waals surface area contributed by atoms with Crippen molar-refractivity contribution in [3.05, 3.63) is 54.4 Å². The molecule has 1 N–H and O–H groups in total. The van der Waals surface area contributed by atoms with E-state index in [9.17, 15) is 9.18 Å². The van der Waals surface area contributed by atoms with E-state index in [1.807, 2.05) is 6.20 Å². The lowest BCUT2D eigenvalue weighted by Gasteiger charge is -2.06. The predicted molar refractivity (Wildman–Crippen MR) is 71.8 cm³/mol. The van der Waals surface area contributed by atoms with Crippen LogP contribution in [0, 0.1) is 5.82 Å². The molecular formula is C14H11FN4O. The van der Waals surface area contributed by atoms with Crippen molar-refractivity contribution in [1.82, 2.24) is 19.7 Å². The van der Waals surface area contributed by atoms with Crippen LogP contribution in [-0.2, 0) is 0 Å². The third-order valence-corrected chi connectivity index (χ3v) is 3.02. The maximum absolute atomic E-state index is 13.9. The lowest BCUT2D eigenvalue weighted by Crippen LogP contribution is -2.19. The highest BCUT2D eigenvalue weighted by Gasteiger charge is 2.11. The van der Waals surface area contributed by atoms with Crippen molar-refractivity contribution in [3.8, 4) is 11.1 Å². The Bertz CT molecular complexity index is 797. The molecule has 1 amide bonds. The summed E-state index contributed by atoms with van der Waals surface area (Å²) in [6.45, 7) is 0. The molecule has 0 radical (unpaired) electrons. The highest BCUT2D eigenvalue weighted by Crippen LogP contribution is 2.21. The molecule has 0 saturated carbocycles. The minimum Gasteiger partial charge on any atom is -0.355 e. The Kier molecular flexibility index (Phi) is 2.90. The lowest BCUT2D eigenvalue weighted by molar-refractivity contribution is 0.0959. The molecule has 0 aliphatic carbocycles. The summed E-state index contributed by atoms with van der Waals surface area (Å²) in [6, 6.07) is 4.47. The average molecular weight is 270 g/mol. The van der Waals surface area contributed by atoms with Crippen LogP contribution in [0.25, 0.3) is 16.9 Å². The first-order valence-electron chi connectivity index (χ1n) is 6.00. The van der Waals surface area contributed by atoms with Gasteiger partial charge in [-0.1, -0.05) is 6.07 Å². The largest absolute Gasteiger partial charge is 0.355 e. The van der Waals surface area contributed by atoms with Gasteiger partial charge >= 0.3 is 0 Å². The summed E-state index contributed by atoms with van der Waals surface area (Å²) in [7, 11) is 1.46. The van der Waals surface area contributed by atoms with Crippen molar-refractivity contribution < 1.29 is 9.18 Å². The number of carbonyl (C=O) groups excluding carboxylic acids is 1. The van der Waals surface area contributed by atoms with Crippen LogP contribution in [-0.4, -0.2) is 27.3 Å². The van der Waals surface area contributed by atoms with Crippen molar-refractivity contribution in [2.24, 2.45) is 0 Å². The van der Waals surface area contributed by atoms with Crippen molar-refractivity contribution in [2.45, 2.75) is 0 Å². The van der Waals surface area contributed by atoms with E-state index in [-0.39, 0.29) is 5.56 Å². The first kappa shape index (κ1) is 12.3. The van der Waals surface area contributed by atoms with E-state index in [2.05, 4.69) is 15.3 Å². The Balaban J connectivity index is 2.05. The van der Waals surface area contributed by atoms with Gasteiger partial charge in [-0.2, -0.15) is 0 Å². The number of nitrogens with zero attached hydrogens (tertiary/aromatic N) is 3.